The van der Waals surface area contributed by atoms with Gasteiger partial charge in [0, 0.05) is 24.6 Å². The molecule has 1 N–H and O–H groups in total. The summed E-state index contributed by atoms with van der Waals surface area (Å²) >= 11 is 2.06. The van der Waals surface area contributed by atoms with Crippen LogP contribution in [0.15, 0.2) is 18.2 Å². The van der Waals surface area contributed by atoms with Gasteiger partial charge in [-0.15, -0.1) is 0 Å². The summed E-state index contributed by atoms with van der Waals surface area (Å²) in [5, 5.41) is 3.54. The van der Waals surface area contributed by atoms with Gasteiger partial charge in [-0.25, -0.2) is 0 Å². The van der Waals surface area contributed by atoms with Crippen LogP contribution >= 0.6 is 11.8 Å². The fourth-order valence-corrected chi connectivity index (χ4v) is 3.64. The first-order valence-electron chi connectivity index (χ1n) is 6.24. The quantitative estimate of drug-likeness (QED) is 0.871. The van der Waals surface area contributed by atoms with Gasteiger partial charge >= 0.3 is 0 Å². The summed E-state index contributed by atoms with van der Waals surface area (Å²) in [6.07, 6.45) is 0. The molecule has 1 saturated heterocycles. The maximum absolute atomic E-state index is 5.69. The summed E-state index contributed by atoms with van der Waals surface area (Å²) < 4.78 is 5.69. The molecule has 2 heterocycles. The van der Waals surface area contributed by atoms with Gasteiger partial charge in [0.05, 0.1) is 18.3 Å². The molecule has 1 aromatic rings. The zero-order valence-electron chi connectivity index (χ0n) is 10.1. The Morgan fingerprint density at radius 1 is 1.53 bits per heavy atom. The van der Waals surface area contributed by atoms with Crippen LogP contribution in [0, 0.1) is 0 Å². The summed E-state index contributed by atoms with van der Waals surface area (Å²) in [4.78, 5) is 2.53. The minimum atomic E-state index is 0.637. The largest absolute Gasteiger partial charge is 0.492 e. The van der Waals surface area contributed by atoms with Gasteiger partial charge in [-0.1, -0.05) is 6.07 Å². The van der Waals surface area contributed by atoms with Crippen LogP contribution in [0.25, 0.3) is 0 Å². The molecule has 2 aliphatic rings. The molecular formula is C13H18N2OS. The van der Waals surface area contributed by atoms with Crippen LogP contribution in [-0.4, -0.2) is 37.2 Å². The number of fused-ring (bicyclic) bond motifs is 3. The van der Waals surface area contributed by atoms with E-state index < -0.39 is 0 Å². The van der Waals surface area contributed by atoms with Crippen LogP contribution in [-0.2, 0) is 0 Å². The lowest BCUT2D eigenvalue weighted by molar-refractivity contribution is 0.341. The molecule has 17 heavy (non-hydrogen) atoms. The van der Waals surface area contributed by atoms with E-state index in [1.54, 1.807) is 0 Å². The molecule has 1 unspecified atom stereocenters. The van der Waals surface area contributed by atoms with E-state index in [1.165, 1.54) is 22.9 Å². The molecule has 1 fully saturated rings. The predicted molar refractivity (Wildman–Crippen MR) is 74.6 cm³/mol. The molecule has 3 rings (SSSR count). The van der Waals surface area contributed by atoms with Gasteiger partial charge in [0.15, 0.2) is 0 Å². The standard InChI is InChI=1S/C13H18N2OS/c1-2-16-12-5-3-4-11-13(12)14-8-10-9-17-7-6-15(10)11/h3-5,10,14H,2,6-9H2,1H3. The highest BCUT2D eigenvalue weighted by molar-refractivity contribution is 7.99. The van der Waals surface area contributed by atoms with E-state index in [-0.39, 0.29) is 0 Å². The number of nitrogens with zero attached hydrogens (tertiary/aromatic N) is 1. The highest BCUT2D eigenvalue weighted by Gasteiger charge is 2.29. The molecule has 0 spiro atoms. The van der Waals surface area contributed by atoms with Crippen molar-refractivity contribution in [3.63, 3.8) is 0 Å². The average Bonchev–Trinajstić information content (AvgIpc) is 2.39. The maximum atomic E-state index is 5.69. The van der Waals surface area contributed by atoms with Crippen molar-refractivity contribution in [3.8, 4) is 5.75 Å². The van der Waals surface area contributed by atoms with Crippen LogP contribution in [0.4, 0.5) is 11.4 Å². The summed E-state index contributed by atoms with van der Waals surface area (Å²) in [7, 11) is 0. The highest BCUT2D eigenvalue weighted by atomic mass is 32.2. The SMILES string of the molecule is CCOc1cccc2c1NCC1CSCCN21. The maximum Gasteiger partial charge on any atom is 0.144 e. The van der Waals surface area contributed by atoms with Gasteiger partial charge in [0.1, 0.15) is 11.4 Å². The second kappa shape index (κ2) is 4.69. The van der Waals surface area contributed by atoms with E-state index >= 15 is 0 Å². The molecular weight excluding hydrogens is 232 g/mol. The number of anilines is 2. The third kappa shape index (κ3) is 1.95. The molecule has 0 radical (unpaired) electrons. The van der Waals surface area contributed by atoms with E-state index in [2.05, 4.69) is 34.1 Å². The van der Waals surface area contributed by atoms with Crippen molar-refractivity contribution in [2.24, 2.45) is 0 Å². The summed E-state index contributed by atoms with van der Waals surface area (Å²) in [6, 6.07) is 6.98. The van der Waals surface area contributed by atoms with Crippen molar-refractivity contribution in [3.05, 3.63) is 18.2 Å². The van der Waals surface area contributed by atoms with Crippen molar-refractivity contribution in [1.82, 2.24) is 0 Å². The van der Waals surface area contributed by atoms with Crippen molar-refractivity contribution >= 4 is 23.1 Å². The highest BCUT2D eigenvalue weighted by Crippen LogP contribution is 2.40. The van der Waals surface area contributed by atoms with Crippen LogP contribution in [0.2, 0.25) is 0 Å². The van der Waals surface area contributed by atoms with Crippen LogP contribution in [0.3, 0.4) is 0 Å². The lowest BCUT2D eigenvalue weighted by Crippen LogP contribution is -2.49. The zero-order valence-corrected chi connectivity index (χ0v) is 10.9. The number of hydrogen-bond donors (Lipinski definition) is 1. The smallest absolute Gasteiger partial charge is 0.144 e. The van der Waals surface area contributed by atoms with Crippen LogP contribution in [0.5, 0.6) is 5.75 Å². The Balaban J connectivity index is 1.96. The molecule has 3 nitrogen and oxygen atoms in total. The minimum Gasteiger partial charge on any atom is -0.492 e. The van der Waals surface area contributed by atoms with Crippen LogP contribution in [0.1, 0.15) is 6.92 Å². The van der Waals surface area contributed by atoms with Gasteiger partial charge < -0.3 is 15.0 Å². The average molecular weight is 250 g/mol. The lowest BCUT2D eigenvalue weighted by Gasteiger charge is -2.42. The van der Waals surface area contributed by atoms with E-state index in [4.69, 9.17) is 4.74 Å². The topological polar surface area (TPSA) is 24.5 Å². The minimum absolute atomic E-state index is 0.637. The molecule has 2 aliphatic heterocycles. The third-order valence-electron chi connectivity index (χ3n) is 3.36. The van der Waals surface area contributed by atoms with Gasteiger partial charge in [-0.3, -0.25) is 0 Å². The molecule has 0 aliphatic carbocycles. The number of hydrogen-bond acceptors (Lipinski definition) is 4. The molecule has 1 atom stereocenters. The van der Waals surface area contributed by atoms with Crippen molar-refractivity contribution in [2.45, 2.75) is 13.0 Å². The first kappa shape index (κ1) is 11.1. The second-order valence-electron chi connectivity index (χ2n) is 4.39. The van der Waals surface area contributed by atoms with Gasteiger partial charge in [-0.05, 0) is 19.1 Å². The van der Waals surface area contributed by atoms with E-state index in [0.29, 0.717) is 6.04 Å². The van der Waals surface area contributed by atoms with Crippen molar-refractivity contribution in [1.29, 1.82) is 0 Å². The summed E-state index contributed by atoms with van der Waals surface area (Å²) in [6.45, 7) is 4.93. The molecule has 92 valence electrons. The fourth-order valence-electron chi connectivity index (χ4n) is 2.57. The Labute approximate surface area is 107 Å². The summed E-state index contributed by atoms with van der Waals surface area (Å²) in [5.41, 5.74) is 2.49. The Bertz CT molecular complexity index is 410. The Morgan fingerprint density at radius 3 is 3.35 bits per heavy atom. The zero-order chi connectivity index (χ0) is 11.7. The van der Waals surface area contributed by atoms with Gasteiger partial charge in [-0.2, -0.15) is 11.8 Å². The van der Waals surface area contributed by atoms with Crippen molar-refractivity contribution < 1.29 is 4.74 Å². The second-order valence-corrected chi connectivity index (χ2v) is 5.54. The number of nitrogens with one attached hydrogen (secondary N) is 1. The third-order valence-corrected chi connectivity index (χ3v) is 4.45. The molecule has 4 heteroatoms. The molecule has 0 bridgehead atoms. The Morgan fingerprint density at radius 2 is 2.47 bits per heavy atom. The Hall–Kier alpha value is -1.03. The van der Waals surface area contributed by atoms with E-state index in [9.17, 15) is 0 Å². The Kier molecular flexibility index (Phi) is 3.05. The number of thioether (sulfide) groups is 1. The predicted octanol–water partition coefficient (Wildman–Crippen LogP) is 2.43. The fraction of sp³-hybridized carbons (Fsp3) is 0.538. The van der Waals surface area contributed by atoms with E-state index in [0.717, 1.165) is 25.4 Å². The van der Waals surface area contributed by atoms with Crippen molar-refractivity contribution in [2.75, 3.05) is 41.4 Å². The summed E-state index contributed by atoms with van der Waals surface area (Å²) in [5.74, 6) is 3.45. The van der Waals surface area contributed by atoms with Gasteiger partial charge in [0.25, 0.3) is 0 Å². The number of para-hydroxylation sites is 1. The first-order valence-corrected chi connectivity index (χ1v) is 7.39. The molecule has 1 aromatic carbocycles. The van der Waals surface area contributed by atoms with Gasteiger partial charge in [0.2, 0.25) is 0 Å². The number of rotatable bonds is 2. The molecule has 0 amide bonds. The molecule has 0 aromatic heterocycles. The lowest BCUT2D eigenvalue weighted by atomic mass is 10.1. The number of benzene rings is 1. The normalized spacial score (nSPS) is 22.4. The van der Waals surface area contributed by atoms with Crippen LogP contribution < -0.4 is 15.0 Å². The molecule has 0 saturated carbocycles. The number of ether oxygens (including phenoxy) is 1. The first-order chi connectivity index (χ1) is 8.40. The van der Waals surface area contributed by atoms with E-state index in [1.807, 2.05) is 13.0 Å². The monoisotopic (exact) mass is 250 g/mol.